The van der Waals surface area contributed by atoms with Gasteiger partial charge in [-0.25, -0.2) is 0 Å². The Morgan fingerprint density at radius 1 is 0.778 bits per heavy atom. The van der Waals surface area contributed by atoms with Gasteiger partial charge in [0.2, 0.25) is 0 Å². The van der Waals surface area contributed by atoms with Gasteiger partial charge in [0.1, 0.15) is 0 Å². The van der Waals surface area contributed by atoms with Gasteiger partial charge in [-0.05, 0) is 42.5 Å². The number of rotatable bonds is 5. The molecule has 0 aliphatic heterocycles. The Hall–Kier alpha value is -3.53. The summed E-state index contributed by atoms with van der Waals surface area (Å²) in [5, 5.41) is 6.85. The first-order valence-corrected chi connectivity index (χ1v) is 9.19. The second-order valence-electron chi connectivity index (χ2n) is 6.66. The first-order valence-electron chi connectivity index (χ1n) is 9.19. The van der Waals surface area contributed by atoms with Crippen molar-refractivity contribution in [1.82, 2.24) is 14.8 Å². The first kappa shape index (κ1) is 15.7. The van der Waals surface area contributed by atoms with Crippen LogP contribution in [0, 0.1) is 0 Å². The van der Waals surface area contributed by atoms with Gasteiger partial charge in [0, 0.05) is 52.1 Å². The van der Waals surface area contributed by atoms with Crippen LogP contribution in [0.25, 0.3) is 21.8 Å². The van der Waals surface area contributed by atoms with Crippen molar-refractivity contribution >= 4 is 33.2 Å². The van der Waals surface area contributed by atoms with Crippen LogP contribution < -0.4 is 4.90 Å². The van der Waals surface area contributed by atoms with Crippen LogP contribution in [0.2, 0.25) is 0 Å². The molecule has 3 aromatic carbocycles. The number of fused-ring (bicyclic) bond motifs is 3. The molecule has 0 unspecified atom stereocenters. The Bertz CT molecular complexity index is 1170. The maximum absolute atomic E-state index is 4.34. The monoisotopic (exact) mass is 352 g/mol. The lowest BCUT2D eigenvalue weighted by atomic mass is 10.1. The number of aromatic amines is 1. The van der Waals surface area contributed by atoms with Gasteiger partial charge in [0.25, 0.3) is 0 Å². The molecule has 0 bridgehead atoms. The molecule has 5 aromatic rings. The van der Waals surface area contributed by atoms with Gasteiger partial charge in [-0.3, -0.25) is 4.68 Å². The average molecular weight is 352 g/mol. The summed E-state index contributed by atoms with van der Waals surface area (Å²) in [6, 6.07) is 27.6. The third kappa shape index (κ3) is 2.95. The molecule has 5 rings (SSSR count). The SMILES string of the molecule is c1ccc(N(CCn2cccn2)c2ccc3[nH]c4ccccc4c3c2)cc1. The molecule has 0 saturated carbocycles. The van der Waals surface area contributed by atoms with Crippen LogP contribution in [0.4, 0.5) is 11.4 Å². The molecule has 2 aromatic heterocycles. The number of benzene rings is 3. The molecule has 0 aliphatic rings. The summed E-state index contributed by atoms with van der Waals surface area (Å²) in [6.45, 7) is 1.67. The largest absolute Gasteiger partial charge is 0.355 e. The van der Waals surface area contributed by atoms with E-state index in [1.54, 1.807) is 0 Å². The van der Waals surface area contributed by atoms with Gasteiger partial charge < -0.3 is 9.88 Å². The molecule has 0 saturated heterocycles. The fraction of sp³-hybridized carbons (Fsp3) is 0.0870. The van der Waals surface area contributed by atoms with E-state index in [1.165, 1.54) is 33.2 Å². The number of aromatic nitrogens is 3. The summed E-state index contributed by atoms with van der Waals surface area (Å²) in [5.74, 6) is 0. The summed E-state index contributed by atoms with van der Waals surface area (Å²) in [4.78, 5) is 5.86. The van der Waals surface area contributed by atoms with E-state index in [0.717, 1.165) is 13.1 Å². The van der Waals surface area contributed by atoms with Crippen molar-refractivity contribution in [3.63, 3.8) is 0 Å². The minimum absolute atomic E-state index is 0.827. The van der Waals surface area contributed by atoms with Gasteiger partial charge in [-0.2, -0.15) is 5.10 Å². The molecular formula is C23H20N4. The van der Waals surface area contributed by atoms with E-state index in [4.69, 9.17) is 0 Å². The quantitative estimate of drug-likeness (QED) is 0.462. The fourth-order valence-corrected chi connectivity index (χ4v) is 3.65. The van der Waals surface area contributed by atoms with Crippen molar-refractivity contribution < 1.29 is 0 Å². The molecule has 0 aliphatic carbocycles. The number of hydrogen-bond acceptors (Lipinski definition) is 2. The number of anilines is 2. The maximum atomic E-state index is 4.34. The molecule has 0 spiro atoms. The molecule has 4 heteroatoms. The Morgan fingerprint density at radius 3 is 2.44 bits per heavy atom. The summed E-state index contributed by atoms with van der Waals surface area (Å²) in [7, 11) is 0. The van der Waals surface area contributed by atoms with Crippen LogP contribution in [0.15, 0.2) is 91.3 Å². The predicted molar refractivity (Wildman–Crippen MR) is 111 cm³/mol. The summed E-state index contributed by atoms with van der Waals surface area (Å²) in [5.41, 5.74) is 4.71. The molecule has 132 valence electrons. The molecule has 27 heavy (non-hydrogen) atoms. The lowest BCUT2D eigenvalue weighted by molar-refractivity contribution is 0.619. The van der Waals surface area contributed by atoms with Crippen molar-refractivity contribution in [1.29, 1.82) is 0 Å². The molecule has 4 nitrogen and oxygen atoms in total. The van der Waals surface area contributed by atoms with Gasteiger partial charge in [-0.1, -0.05) is 36.4 Å². The maximum Gasteiger partial charge on any atom is 0.0588 e. The summed E-state index contributed by atoms with van der Waals surface area (Å²) in [6.07, 6.45) is 3.83. The zero-order chi connectivity index (χ0) is 18.1. The standard InChI is InChI=1S/C23H20N4/c1-2-7-18(8-3-1)27(16-15-26-14-6-13-24-26)19-11-12-23-21(17-19)20-9-4-5-10-22(20)25-23/h1-14,17,25H,15-16H2. The highest BCUT2D eigenvalue weighted by Gasteiger charge is 2.12. The fourth-order valence-electron chi connectivity index (χ4n) is 3.65. The topological polar surface area (TPSA) is 36.9 Å². The molecule has 0 radical (unpaired) electrons. The number of nitrogens with zero attached hydrogens (tertiary/aromatic N) is 3. The molecular weight excluding hydrogens is 332 g/mol. The zero-order valence-corrected chi connectivity index (χ0v) is 14.9. The predicted octanol–water partition coefficient (Wildman–Crippen LogP) is 5.36. The minimum Gasteiger partial charge on any atom is -0.355 e. The Morgan fingerprint density at radius 2 is 1.59 bits per heavy atom. The summed E-state index contributed by atoms with van der Waals surface area (Å²) < 4.78 is 1.97. The third-order valence-corrected chi connectivity index (χ3v) is 4.98. The van der Waals surface area contributed by atoms with Crippen LogP contribution >= 0.6 is 0 Å². The number of nitrogens with one attached hydrogen (secondary N) is 1. The number of para-hydroxylation sites is 2. The van der Waals surface area contributed by atoms with E-state index in [-0.39, 0.29) is 0 Å². The van der Waals surface area contributed by atoms with E-state index >= 15 is 0 Å². The van der Waals surface area contributed by atoms with Gasteiger partial charge in [-0.15, -0.1) is 0 Å². The normalized spacial score (nSPS) is 11.3. The molecule has 0 atom stereocenters. The summed E-state index contributed by atoms with van der Waals surface area (Å²) >= 11 is 0. The van der Waals surface area contributed by atoms with E-state index in [0.29, 0.717) is 0 Å². The van der Waals surface area contributed by atoms with Crippen molar-refractivity contribution in [2.75, 3.05) is 11.4 Å². The number of H-pyrrole nitrogens is 1. The van der Waals surface area contributed by atoms with Crippen LogP contribution in [0.5, 0.6) is 0 Å². The zero-order valence-electron chi connectivity index (χ0n) is 14.9. The van der Waals surface area contributed by atoms with E-state index < -0.39 is 0 Å². The highest BCUT2D eigenvalue weighted by molar-refractivity contribution is 6.08. The first-order chi connectivity index (χ1) is 13.4. The van der Waals surface area contributed by atoms with E-state index in [2.05, 4.69) is 87.8 Å². The lowest BCUT2D eigenvalue weighted by Gasteiger charge is -2.25. The smallest absolute Gasteiger partial charge is 0.0588 e. The van der Waals surface area contributed by atoms with Crippen molar-refractivity contribution in [2.24, 2.45) is 0 Å². The minimum atomic E-state index is 0.827. The molecule has 0 fully saturated rings. The van der Waals surface area contributed by atoms with E-state index in [9.17, 15) is 0 Å². The second-order valence-corrected chi connectivity index (χ2v) is 6.66. The number of hydrogen-bond donors (Lipinski definition) is 1. The van der Waals surface area contributed by atoms with Crippen LogP contribution in [0.3, 0.4) is 0 Å². The van der Waals surface area contributed by atoms with Gasteiger partial charge in [0.15, 0.2) is 0 Å². The highest BCUT2D eigenvalue weighted by atomic mass is 15.3. The van der Waals surface area contributed by atoms with Crippen LogP contribution in [0.1, 0.15) is 0 Å². The second kappa shape index (κ2) is 6.65. The molecule has 1 N–H and O–H groups in total. The van der Waals surface area contributed by atoms with Gasteiger partial charge in [0.05, 0.1) is 6.54 Å². The van der Waals surface area contributed by atoms with E-state index in [1.807, 2.05) is 23.1 Å². The molecule has 2 heterocycles. The Kier molecular flexibility index (Phi) is 3.87. The van der Waals surface area contributed by atoms with Crippen molar-refractivity contribution in [2.45, 2.75) is 6.54 Å². The Labute approximate surface area is 157 Å². The van der Waals surface area contributed by atoms with Crippen molar-refractivity contribution in [3.05, 3.63) is 91.3 Å². The molecule has 0 amide bonds. The van der Waals surface area contributed by atoms with Crippen LogP contribution in [-0.2, 0) is 6.54 Å². The van der Waals surface area contributed by atoms with Crippen LogP contribution in [-0.4, -0.2) is 21.3 Å². The lowest BCUT2D eigenvalue weighted by Crippen LogP contribution is -2.22. The van der Waals surface area contributed by atoms with Gasteiger partial charge >= 0.3 is 0 Å². The highest BCUT2D eigenvalue weighted by Crippen LogP contribution is 2.32. The third-order valence-electron chi connectivity index (χ3n) is 4.98. The van der Waals surface area contributed by atoms with Crippen molar-refractivity contribution in [3.8, 4) is 0 Å². The average Bonchev–Trinajstić information content (AvgIpc) is 3.36. The Balaban J connectivity index is 1.58.